The maximum absolute atomic E-state index is 11.3. The fraction of sp³-hybridized carbons (Fsp3) is 0.300. The standard InChI is InChI=1S/C10H12O3S/c11-5-6-13-10(12)9-3-1-8(7-14)2-4-9/h1-4,11,14H,5-7H2. The van der Waals surface area contributed by atoms with E-state index in [4.69, 9.17) is 9.84 Å². The molecule has 0 radical (unpaired) electrons. The lowest BCUT2D eigenvalue weighted by atomic mass is 10.1. The summed E-state index contributed by atoms with van der Waals surface area (Å²) < 4.78 is 4.74. The van der Waals surface area contributed by atoms with Crippen LogP contribution in [0.2, 0.25) is 0 Å². The van der Waals surface area contributed by atoms with Crippen molar-refractivity contribution < 1.29 is 14.6 Å². The third kappa shape index (κ3) is 3.05. The number of aliphatic hydroxyl groups excluding tert-OH is 1. The number of hydrogen-bond acceptors (Lipinski definition) is 4. The van der Waals surface area contributed by atoms with Crippen LogP contribution in [0.3, 0.4) is 0 Å². The summed E-state index contributed by atoms with van der Waals surface area (Å²) in [5.41, 5.74) is 1.54. The minimum absolute atomic E-state index is 0.0349. The number of carbonyl (C=O) groups excluding carboxylic acids is 1. The number of carbonyl (C=O) groups is 1. The number of ether oxygens (including phenoxy) is 1. The molecule has 0 heterocycles. The topological polar surface area (TPSA) is 46.5 Å². The highest BCUT2D eigenvalue weighted by Crippen LogP contribution is 2.07. The van der Waals surface area contributed by atoms with Crippen LogP contribution in [0.15, 0.2) is 24.3 Å². The van der Waals surface area contributed by atoms with Crippen molar-refractivity contribution in [3.63, 3.8) is 0 Å². The molecule has 0 aliphatic carbocycles. The van der Waals surface area contributed by atoms with Crippen LogP contribution in [0.1, 0.15) is 15.9 Å². The second kappa shape index (κ2) is 5.67. The van der Waals surface area contributed by atoms with E-state index >= 15 is 0 Å². The Hall–Kier alpha value is -1.00. The molecule has 1 rings (SSSR count). The molecule has 0 spiro atoms. The van der Waals surface area contributed by atoms with Gasteiger partial charge < -0.3 is 9.84 Å². The van der Waals surface area contributed by atoms with E-state index in [-0.39, 0.29) is 13.2 Å². The monoisotopic (exact) mass is 212 g/mol. The van der Waals surface area contributed by atoms with Gasteiger partial charge in [-0.05, 0) is 17.7 Å². The molecule has 0 aliphatic heterocycles. The van der Waals surface area contributed by atoms with Crippen molar-refractivity contribution in [3.8, 4) is 0 Å². The molecule has 1 aromatic carbocycles. The van der Waals surface area contributed by atoms with Crippen LogP contribution in [-0.4, -0.2) is 24.3 Å². The fourth-order valence-electron chi connectivity index (χ4n) is 0.968. The molecule has 1 N–H and O–H groups in total. The fourth-order valence-corrected chi connectivity index (χ4v) is 1.18. The number of aliphatic hydroxyl groups is 1. The maximum atomic E-state index is 11.3. The van der Waals surface area contributed by atoms with E-state index < -0.39 is 5.97 Å². The lowest BCUT2D eigenvalue weighted by molar-refractivity contribution is 0.0434. The first-order valence-corrected chi connectivity index (χ1v) is 4.89. The summed E-state index contributed by atoms with van der Waals surface area (Å²) in [5, 5.41) is 8.46. The van der Waals surface area contributed by atoms with Crippen molar-refractivity contribution in [1.29, 1.82) is 0 Å². The van der Waals surface area contributed by atoms with Crippen molar-refractivity contribution in [1.82, 2.24) is 0 Å². The molecule has 14 heavy (non-hydrogen) atoms. The number of rotatable bonds is 4. The Balaban J connectivity index is 2.62. The van der Waals surface area contributed by atoms with Crippen molar-refractivity contribution in [2.45, 2.75) is 5.75 Å². The molecule has 0 unspecified atom stereocenters. The molecular weight excluding hydrogens is 200 g/mol. The molecule has 0 amide bonds. The number of thiol groups is 1. The van der Waals surface area contributed by atoms with Gasteiger partial charge in [0, 0.05) is 5.75 Å². The number of hydrogen-bond donors (Lipinski definition) is 2. The first-order chi connectivity index (χ1) is 6.77. The molecule has 3 nitrogen and oxygen atoms in total. The normalized spacial score (nSPS) is 9.86. The van der Waals surface area contributed by atoms with Crippen LogP contribution in [0.5, 0.6) is 0 Å². The Morgan fingerprint density at radius 1 is 1.36 bits per heavy atom. The van der Waals surface area contributed by atoms with Gasteiger partial charge in [-0.3, -0.25) is 0 Å². The zero-order valence-corrected chi connectivity index (χ0v) is 8.54. The van der Waals surface area contributed by atoms with Gasteiger partial charge in [0.1, 0.15) is 6.61 Å². The first kappa shape index (κ1) is 11.1. The molecule has 1 aromatic rings. The molecule has 4 heteroatoms. The van der Waals surface area contributed by atoms with Crippen molar-refractivity contribution in [3.05, 3.63) is 35.4 Å². The van der Waals surface area contributed by atoms with Gasteiger partial charge in [0.15, 0.2) is 0 Å². The van der Waals surface area contributed by atoms with Gasteiger partial charge in [-0.2, -0.15) is 12.6 Å². The van der Waals surface area contributed by atoms with Gasteiger partial charge in [-0.1, -0.05) is 12.1 Å². The van der Waals surface area contributed by atoms with E-state index in [0.29, 0.717) is 11.3 Å². The molecule has 0 fully saturated rings. The van der Waals surface area contributed by atoms with Gasteiger partial charge in [0.2, 0.25) is 0 Å². The minimum atomic E-state index is -0.412. The van der Waals surface area contributed by atoms with Crippen molar-refractivity contribution in [2.24, 2.45) is 0 Å². The first-order valence-electron chi connectivity index (χ1n) is 4.25. The highest BCUT2D eigenvalue weighted by Gasteiger charge is 2.05. The van der Waals surface area contributed by atoms with E-state index in [0.717, 1.165) is 5.56 Å². The lowest BCUT2D eigenvalue weighted by Crippen LogP contribution is -2.08. The van der Waals surface area contributed by atoms with Crippen LogP contribution in [0, 0.1) is 0 Å². The van der Waals surface area contributed by atoms with Crippen molar-refractivity contribution in [2.75, 3.05) is 13.2 Å². The maximum Gasteiger partial charge on any atom is 0.338 e. The highest BCUT2D eigenvalue weighted by molar-refractivity contribution is 7.79. The van der Waals surface area contributed by atoms with Gasteiger partial charge in [-0.15, -0.1) is 0 Å². The van der Waals surface area contributed by atoms with E-state index in [1.807, 2.05) is 12.1 Å². The summed E-state index contributed by atoms with van der Waals surface area (Å²) in [5.74, 6) is 0.233. The zero-order valence-electron chi connectivity index (χ0n) is 7.64. The van der Waals surface area contributed by atoms with Gasteiger partial charge >= 0.3 is 5.97 Å². The second-order valence-electron chi connectivity index (χ2n) is 2.71. The Labute approximate surface area is 88.1 Å². The van der Waals surface area contributed by atoms with Gasteiger partial charge in [0.05, 0.1) is 12.2 Å². The summed E-state index contributed by atoms with van der Waals surface area (Å²) in [6.07, 6.45) is 0. The van der Waals surface area contributed by atoms with Crippen molar-refractivity contribution >= 4 is 18.6 Å². The van der Waals surface area contributed by atoms with E-state index in [1.165, 1.54) is 0 Å². The van der Waals surface area contributed by atoms with Gasteiger partial charge in [0.25, 0.3) is 0 Å². The van der Waals surface area contributed by atoms with Crippen LogP contribution >= 0.6 is 12.6 Å². The summed E-state index contributed by atoms with van der Waals surface area (Å²) in [4.78, 5) is 11.3. The third-order valence-corrected chi connectivity index (χ3v) is 2.06. The number of esters is 1. The Morgan fingerprint density at radius 3 is 2.50 bits per heavy atom. The van der Waals surface area contributed by atoms with Crippen LogP contribution in [-0.2, 0) is 10.5 Å². The average molecular weight is 212 g/mol. The lowest BCUT2D eigenvalue weighted by Gasteiger charge is -2.02. The third-order valence-electron chi connectivity index (χ3n) is 1.70. The van der Waals surface area contributed by atoms with Crippen LogP contribution in [0.4, 0.5) is 0 Å². The predicted octanol–water partition coefficient (Wildman–Crippen LogP) is 1.27. The van der Waals surface area contributed by atoms with E-state index in [9.17, 15) is 4.79 Å². The SMILES string of the molecule is O=C(OCCO)c1ccc(CS)cc1. The van der Waals surface area contributed by atoms with Crippen LogP contribution in [0.25, 0.3) is 0 Å². The Kier molecular flexibility index (Phi) is 4.49. The molecule has 0 atom stereocenters. The van der Waals surface area contributed by atoms with Crippen LogP contribution < -0.4 is 0 Å². The van der Waals surface area contributed by atoms with E-state index in [1.54, 1.807) is 12.1 Å². The average Bonchev–Trinajstić information content (AvgIpc) is 2.26. The highest BCUT2D eigenvalue weighted by atomic mass is 32.1. The summed E-state index contributed by atoms with van der Waals surface area (Å²) in [6.45, 7) is -0.117. The van der Waals surface area contributed by atoms with Gasteiger partial charge in [-0.25, -0.2) is 4.79 Å². The molecule has 0 aromatic heterocycles. The summed E-state index contributed by atoms with van der Waals surface area (Å²) in [6, 6.07) is 7.02. The molecular formula is C10H12O3S. The molecule has 0 saturated heterocycles. The predicted molar refractivity (Wildman–Crippen MR) is 56.5 cm³/mol. The summed E-state index contributed by atoms with van der Waals surface area (Å²) in [7, 11) is 0. The zero-order chi connectivity index (χ0) is 10.4. The largest absolute Gasteiger partial charge is 0.460 e. The number of benzene rings is 1. The van der Waals surface area contributed by atoms with E-state index in [2.05, 4.69) is 12.6 Å². The Bertz CT molecular complexity index is 295. The summed E-state index contributed by atoms with van der Waals surface area (Å²) >= 11 is 4.10. The minimum Gasteiger partial charge on any atom is -0.460 e. The molecule has 0 saturated carbocycles. The Morgan fingerprint density at radius 2 is 2.00 bits per heavy atom. The quantitative estimate of drug-likeness (QED) is 0.583. The molecule has 76 valence electrons. The molecule has 0 bridgehead atoms. The second-order valence-corrected chi connectivity index (χ2v) is 3.03. The molecule has 0 aliphatic rings. The smallest absolute Gasteiger partial charge is 0.338 e.